The van der Waals surface area contributed by atoms with Gasteiger partial charge in [-0.3, -0.25) is 0 Å². The Bertz CT molecular complexity index is 275. The van der Waals surface area contributed by atoms with Gasteiger partial charge >= 0.3 is 0 Å². The molecular formula is C8H12Cl2N2S. The van der Waals surface area contributed by atoms with Crippen LogP contribution in [-0.2, 0) is 6.54 Å². The molecule has 0 bridgehead atoms. The van der Waals surface area contributed by atoms with E-state index in [4.69, 9.17) is 28.9 Å². The van der Waals surface area contributed by atoms with Crippen LogP contribution < -0.4 is 5.73 Å². The van der Waals surface area contributed by atoms with Gasteiger partial charge in [0.05, 0.1) is 8.67 Å². The molecule has 0 saturated carbocycles. The molecule has 13 heavy (non-hydrogen) atoms. The van der Waals surface area contributed by atoms with Crippen LogP contribution in [0.3, 0.4) is 0 Å². The molecule has 2 nitrogen and oxygen atoms in total. The average Bonchev–Trinajstić information content (AvgIpc) is 2.30. The Balaban J connectivity index is 2.57. The van der Waals surface area contributed by atoms with Crippen LogP contribution >= 0.6 is 34.5 Å². The van der Waals surface area contributed by atoms with Crippen LogP contribution in [0.2, 0.25) is 8.67 Å². The van der Waals surface area contributed by atoms with E-state index in [2.05, 4.69) is 4.90 Å². The lowest BCUT2D eigenvalue weighted by atomic mass is 10.3. The summed E-state index contributed by atoms with van der Waals surface area (Å²) in [6.07, 6.45) is 0. The average molecular weight is 239 g/mol. The molecule has 0 saturated heterocycles. The number of halogens is 2. The van der Waals surface area contributed by atoms with Crippen molar-refractivity contribution in [2.45, 2.75) is 6.54 Å². The zero-order valence-electron chi connectivity index (χ0n) is 7.39. The van der Waals surface area contributed by atoms with Crippen molar-refractivity contribution in [1.29, 1.82) is 0 Å². The maximum absolute atomic E-state index is 5.97. The molecule has 0 aliphatic rings. The van der Waals surface area contributed by atoms with Crippen LogP contribution in [0.4, 0.5) is 0 Å². The predicted molar refractivity (Wildman–Crippen MR) is 59.7 cm³/mol. The van der Waals surface area contributed by atoms with Crippen molar-refractivity contribution in [1.82, 2.24) is 4.90 Å². The van der Waals surface area contributed by atoms with Crippen molar-refractivity contribution >= 4 is 34.5 Å². The molecule has 74 valence electrons. The molecule has 0 amide bonds. The summed E-state index contributed by atoms with van der Waals surface area (Å²) >= 11 is 13.2. The van der Waals surface area contributed by atoms with Crippen LogP contribution in [-0.4, -0.2) is 25.0 Å². The molecule has 0 spiro atoms. The van der Waals surface area contributed by atoms with Crippen LogP contribution in [0.1, 0.15) is 5.56 Å². The summed E-state index contributed by atoms with van der Waals surface area (Å²) in [6, 6.07) is 1.90. The van der Waals surface area contributed by atoms with Crippen LogP contribution in [0.5, 0.6) is 0 Å². The van der Waals surface area contributed by atoms with E-state index in [0.29, 0.717) is 6.54 Å². The molecule has 5 heteroatoms. The highest BCUT2D eigenvalue weighted by Gasteiger charge is 2.07. The van der Waals surface area contributed by atoms with Gasteiger partial charge in [0.15, 0.2) is 0 Å². The fourth-order valence-corrected chi connectivity index (χ4v) is 2.54. The summed E-state index contributed by atoms with van der Waals surface area (Å²) in [5.74, 6) is 0. The molecule has 0 aliphatic heterocycles. The zero-order valence-corrected chi connectivity index (χ0v) is 9.72. The fourth-order valence-electron chi connectivity index (χ4n) is 1.07. The number of thiophene rings is 1. The third-order valence-corrected chi connectivity index (χ3v) is 3.25. The second-order valence-corrected chi connectivity index (χ2v) is 5.16. The lowest BCUT2D eigenvalue weighted by Crippen LogP contribution is -2.24. The number of likely N-dealkylation sites (N-methyl/N-ethyl adjacent to an activating group) is 1. The van der Waals surface area contributed by atoms with Gasteiger partial charge in [0.1, 0.15) is 0 Å². The van der Waals surface area contributed by atoms with Crippen molar-refractivity contribution in [2.75, 3.05) is 20.1 Å². The number of rotatable bonds is 4. The van der Waals surface area contributed by atoms with Crippen molar-refractivity contribution in [3.05, 3.63) is 20.3 Å². The summed E-state index contributed by atoms with van der Waals surface area (Å²) < 4.78 is 1.51. The van der Waals surface area contributed by atoms with Crippen LogP contribution in [0.25, 0.3) is 0 Å². The molecule has 0 unspecified atom stereocenters. The lowest BCUT2D eigenvalue weighted by Gasteiger charge is -2.14. The Hall–Kier alpha value is 0.200. The first-order chi connectivity index (χ1) is 6.13. The molecule has 0 atom stereocenters. The smallest absolute Gasteiger partial charge is 0.0989 e. The molecular weight excluding hydrogens is 227 g/mol. The predicted octanol–water partition coefficient (Wildman–Crippen LogP) is 2.45. The molecule has 0 aliphatic carbocycles. The van der Waals surface area contributed by atoms with E-state index in [1.807, 2.05) is 13.1 Å². The maximum Gasteiger partial charge on any atom is 0.0989 e. The van der Waals surface area contributed by atoms with Crippen LogP contribution in [0, 0.1) is 0 Å². The first-order valence-electron chi connectivity index (χ1n) is 3.96. The van der Waals surface area contributed by atoms with Gasteiger partial charge in [-0.1, -0.05) is 23.2 Å². The molecule has 1 aromatic rings. The molecule has 2 N–H and O–H groups in total. The van der Waals surface area contributed by atoms with Gasteiger partial charge in [-0.15, -0.1) is 11.3 Å². The fraction of sp³-hybridized carbons (Fsp3) is 0.500. The Morgan fingerprint density at radius 3 is 2.69 bits per heavy atom. The lowest BCUT2D eigenvalue weighted by molar-refractivity contribution is 0.337. The zero-order chi connectivity index (χ0) is 9.84. The van der Waals surface area contributed by atoms with E-state index in [-0.39, 0.29) is 0 Å². The van der Waals surface area contributed by atoms with Gasteiger partial charge in [-0.25, -0.2) is 0 Å². The van der Waals surface area contributed by atoms with E-state index in [0.717, 1.165) is 27.3 Å². The van der Waals surface area contributed by atoms with Gasteiger partial charge in [0, 0.05) is 19.6 Å². The van der Waals surface area contributed by atoms with Crippen molar-refractivity contribution in [3.8, 4) is 0 Å². The third kappa shape index (κ3) is 3.44. The normalized spacial score (nSPS) is 11.2. The first-order valence-corrected chi connectivity index (χ1v) is 5.53. The summed E-state index contributed by atoms with van der Waals surface area (Å²) in [6.45, 7) is 2.33. The standard InChI is InChI=1S/C8H12Cl2N2S/c1-12(3-2-11)5-6-4-7(9)13-8(6)10/h4H,2-3,5,11H2,1H3. The van der Waals surface area contributed by atoms with Gasteiger partial charge in [-0.05, 0) is 18.7 Å². The number of nitrogens with zero attached hydrogens (tertiary/aromatic N) is 1. The molecule has 0 fully saturated rings. The van der Waals surface area contributed by atoms with Gasteiger partial charge < -0.3 is 10.6 Å². The van der Waals surface area contributed by atoms with Crippen molar-refractivity contribution in [3.63, 3.8) is 0 Å². The molecule has 0 aromatic carbocycles. The third-order valence-electron chi connectivity index (χ3n) is 1.68. The minimum atomic E-state index is 0.659. The van der Waals surface area contributed by atoms with Gasteiger partial charge in [-0.2, -0.15) is 0 Å². The van der Waals surface area contributed by atoms with E-state index >= 15 is 0 Å². The number of hydrogen-bond donors (Lipinski definition) is 1. The van der Waals surface area contributed by atoms with Gasteiger partial charge in [0.25, 0.3) is 0 Å². The molecule has 1 rings (SSSR count). The second-order valence-electron chi connectivity index (χ2n) is 2.88. The Kier molecular flexibility index (Phi) is 4.49. The maximum atomic E-state index is 5.97. The van der Waals surface area contributed by atoms with Crippen molar-refractivity contribution in [2.24, 2.45) is 5.73 Å². The monoisotopic (exact) mass is 238 g/mol. The van der Waals surface area contributed by atoms with E-state index in [9.17, 15) is 0 Å². The SMILES string of the molecule is CN(CCN)Cc1cc(Cl)sc1Cl. The first kappa shape index (κ1) is 11.3. The quantitative estimate of drug-likeness (QED) is 0.874. The molecule has 0 radical (unpaired) electrons. The summed E-state index contributed by atoms with van der Waals surface area (Å²) in [5.41, 5.74) is 6.50. The summed E-state index contributed by atoms with van der Waals surface area (Å²) in [5, 5.41) is 0. The van der Waals surface area contributed by atoms with Gasteiger partial charge in [0.2, 0.25) is 0 Å². The molecule has 1 heterocycles. The Morgan fingerprint density at radius 1 is 1.54 bits per heavy atom. The number of nitrogens with two attached hydrogens (primary N) is 1. The van der Waals surface area contributed by atoms with E-state index < -0.39 is 0 Å². The highest BCUT2D eigenvalue weighted by atomic mass is 35.5. The summed E-state index contributed by atoms with van der Waals surface area (Å²) in [7, 11) is 2.01. The van der Waals surface area contributed by atoms with E-state index in [1.54, 1.807) is 0 Å². The molecule has 1 aromatic heterocycles. The van der Waals surface area contributed by atoms with E-state index in [1.165, 1.54) is 11.3 Å². The second kappa shape index (κ2) is 5.17. The highest BCUT2D eigenvalue weighted by molar-refractivity contribution is 7.20. The topological polar surface area (TPSA) is 29.3 Å². The number of hydrogen-bond acceptors (Lipinski definition) is 3. The largest absolute Gasteiger partial charge is 0.329 e. The minimum Gasteiger partial charge on any atom is -0.329 e. The van der Waals surface area contributed by atoms with Crippen LogP contribution in [0.15, 0.2) is 6.07 Å². The Labute approximate surface area is 92.2 Å². The Morgan fingerprint density at radius 2 is 2.23 bits per heavy atom. The summed E-state index contributed by atoms with van der Waals surface area (Å²) in [4.78, 5) is 2.12. The highest BCUT2D eigenvalue weighted by Crippen LogP contribution is 2.31. The minimum absolute atomic E-state index is 0.659. The van der Waals surface area contributed by atoms with Crippen molar-refractivity contribution < 1.29 is 0 Å².